The van der Waals surface area contributed by atoms with Crippen molar-refractivity contribution in [1.29, 1.82) is 0 Å². The molecule has 3 rings (SSSR count). The van der Waals surface area contributed by atoms with Gasteiger partial charge in [-0.05, 0) is 52.4 Å². The maximum Gasteiger partial charge on any atom is 0.416 e. The third kappa shape index (κ3) is 3.48. The first-order chi connectivity index (χ1) is 11.3. The molecule has 0 aliphatic carbocycles. The molecule has 0 amide bonds. The normalized spacial score (nSPS) is 11.9. The van der Waals surface area contributed by atoms with Gasteiger partial charge in [-0.25, -0.2) is 4.98 Å². The molecule has 1 heterocycles. The van der Waals surface area contributed by atoms with Crippen molar-refractivity contribution in [3.63, 3.8) is 0 Å². The zero-order chi connectivity index (χ0) is 17.5. The van der Waals surface area contributed by atoms with Crippen LogP contribution in [0.5, 0.6) is 0 Å². The van der Waals surface area contributed by atoms with E-state index in [2.05, 4.69) is 27.6 Å². The number of pyridine rings is 1. The maximum atomic E-state index is 13.2. The molecule has 0 N–H and O–H groups in total. The first-order valence-corrected chi connectivity index (χ1v) is 8.69. The summed E-state index contributed by atoms with van der Waals surface area (Å²) in [6.45, 7) is 0. The lowest BCUT2D eigenvalue weighted by molar-refractivity contribution is -0.138. The van der Waals surface area contributed by atoms with Crippen LogP contribution >= 0.6 is 45.8 Å². The molecule has 0 radical (unpaired) electrons. The van der Waals surface area contributed by atoms with Crippen LogP contribution in [0.25, 0.3) is 10.9 Å². The van der Waals surface area contributed by atoms with Crippen molar-refractivity contribution in [2.24, 2.45) is 0 Å². The number of benzene rings is 2. The minimum atomic E-state index is -4.44. The van der Waals surface area contributed by atoms with Gasteiger partial charge in [-0.15, -0.1) is 0 Å². The zero-order valence-electron chi connectivity index (χ0n) is 12.0. The number of halogens is 6. The minimum Gasteiger partial charge on any atom is -0.236 e. The monoisotopic (exact) mass is 481 g/mol. The largest absolute Gasteiger partial charge is 0.416 e. The van der Waals surface area contributed by atoms with E-state index in [9.17, 15) is 13.2 Å². The number of fused-ring (bicyclic) bond motifs is 1. The Morgan fingerprint density at radius 1 is 1.04 bits per heavy atom. The van der Waals surface area contributed by atoms with E-state index >= 15 is 0 Å². The van der Waals surface area contributed by atoms with Crippen molar-refractivity contribution in [1.82, 2.24) is 4.98 Å². The number of aromatic nitrogens is 1. The molecule has 1 aromatic heterocycles. The molecule has 2 aromatic carbocycles. The third-order valence-corrected chi connectivity index (χ3v) is 5.03. The highest BCUT2D eigenvalue weighted by Crippen LogP contribution is 2.37. The van der Waals surface area contributed by atoms with Crippen molar-refractivity contribution in [3.05, 3.63) is 72.9 Å². The van der Waals surface area contributed by atoms with Crippen LogP contribution < -0.4 is 0 Å². The number of nitrogens with zero attached hydrogens (tertiary/aromatic N) is 1. The number of rotatable bonds is 2. The molecule has 124 valence electrons. The number of hydrogen-bond donors (Lipinski definition) is 0. The van der Waals surface area contributed by atoms with Crippen molar-refractivity contribution >= 4 is 56.7 Å². The van der Waals surface area contributed by atoms with Crippen LogP contribution in [0.4, 0.5) is 13.2 Å². The third-order valence-electron chi connectivity index (χ3n) is 3.62. The van der Waals surface area contributed by atoms with E-state index in [0.29, 0.717) is 21.5 Å². The highest BCUT2D eigenvalue weighted by molar-refractivity contribution is 14.1. The number of hydrogen-bond acceptors (Lipinski definition) is 1. The first-order valence-electron chi connectivity index (χ1n) is 6.85. The van der Waals surface area contributed by atoms with Gasteiger partial charge in [0.15, 0.2) is 0 Å². The molecule has 7 heteroatoms. The molecule has 0 saturated heterocycles. The summed E-state index contributed by atoms with van der Waals surface area (Å²) >= 11 is 14.7. The van der Waals surface area contributed by atoms with Gasteiger partial charge in [0, 0.05) is 20.9 Å². The van der Waals surface area contributed by atoms with Crippen LogP contribution in [-0.2, 0) is 12.6 Å². The second-order valence-corrected chi connectivity index (χ2v) is 7.17. The Morgan fingerprint density at radius 2 is 1.75 bits per heavy atom. The average Bonchev–Trinajstić information content (AvgIpc) is 2.52. The smallest absolute Gasteiger partial charge is 0.236 e. The Morgan fingerprint density at radius 3 is 2.46 bits per heavy atom. The van der Waals surface area contributed by atoms with Gasteiger partial charge in [0.2, 0.25) is 0 Å². The molecule has 24 heavy (non-hydrogen) atoms. The SMILES string of the molecule is FC(F)(F)c1ccccc1Cc1c(Cl)nc2ccc(I)cc2c1Cl. The Labute approximate surface area is 159 Å². The highest BCUT2D eigenvalue weighted by Gasteiger charge is 2.33. The quantitative estimate of drug-likeness (QED) is 0.291. The lowest BCUT2D eigenvalue weighted by Crippen LogP contribution is -2.09. The van der Waals surface area contributed by atoms with Crippen LogP contribution in [0.3, 0.4) is 0 Å². The Kier molecular flexibility index (Phi) is 4.95. The highest BCUT2D eigenvalue weighted by atomic mass is 127. The molecule has 0 fully saturated rings. The lowest BCUT2D eigenvalue weighted by Gasteiger charge is -2.15. The van der Waals surface area contributed by atoms with Gasteiger partial charge < -0.3 is 0 Å². The van der Waals surface area contributed by atoms with Crippen molar-refractivity contribution in [2.45, 2.75) is 12.6 Å². The van der Waals surface area contributed by atoms with Gasteiger partial charge in [-0.2, -0.15) is 13.2 Å². The molecule has 0 spiro atoms. The van der Waals surface area contributed by atoms with Crippen LogP contribution in [0.2, 0.25) is 10.2 Å². The second-order valence-electron chi connectivity index (χ2n) is 5.19. The van der Waals surface area contributed by atoms with Gasteiger partial charge in [-0.1, -0.05) is 41.4 Å². The van der Waals surface area contributed by atoms with Gasteiger partial charge in [-0.3, -0.25) is 0 Å². The van der Waals surface area contributed by atoms with Crippen molar-refractivity contribution in [2.75, 3.05) is 0 Å². The molecule has 0 atom stereocenters. The Bertz CT molecular complexity index is 926. The lowest BCUT2D eigenvalue weighted by atomic mass is 9.99. The summed E-state index contributed by atoms with van der Waals surface area (Å²) < 4.78 is 40.5. The van der Waals surface area contributed by atoms with E-state index in [1.54, 1.807) is 12.1 Å². The Hall–Kier alpha value is -1.05. The Balaban J connectivity index is 2.15. The summed E-state index contributed by atoms with van der Waals surface area (Å²) in [5, 5.41) is 1.12. The fraction of sp³-hybridized carbons (Fsp3) is 0.118. The van der Waals surface area contributed by atoms with Gasteiger partial charge >= 0.3 is 6.18 Å². The summed E-state index contributed by atoms with van der Waals surface area (Å²) in [6.07, 6.45) is -4.48. The van der Waals surface area contributed by atoms with E-state index < -0.39 is 11.7 Å². The summed E-state index contributed by atoms with van der Waals surface area (Å²) in [5.41, 5.74) is 0.420. The fourth-order valence-corrected chi connectivity index (χ4v) is 3.60. The summed E-state index contributed by atoms with van der Waals surface area (Å²) in [4.78, 5) is 4.26. The fourth-order valence-electron chi connectivity index (χ4n) is 2.50. The molecule has 3 aromatic rings. The topological polar surface area (TPSA) is 12.9 Å². The summed E-state index contributed by atoms with van der Waals surface area (Å²) in [5.74, 6) is 0. The molecule has 0 aliphatic heterocycles. The summed E-state index contributed by atoms with van der Waals surface area (Å²) in [6, 6.07) is 10.9. The van der Waals surface area contributed by atoms with E-state index in [1.165, 1.54) is 12.1 Å². The van der Waals surface area contributed by atoms with Gasteiger partial charge in [0.25, 0.3) is 0 Å². The van der Waals surface area contributed by atoms with Gasteiger partial charge in [0.05, 0.1) is 16.1 Å². The average molecular weight is 482 g/mol. The predicted octanol–water partition coefficient (Wildman–Crippen LogP) is 6.76. The molecular weight excluding hydrogens is 473 g/mol. The molecular formula is C17H9Cl2F3IN. The number of alkyl halides is 3. The maximum absolute atomic E-state index is 13.2. The first kappa shape index (κ1) is 17.8. The van der Waals surface area contributed by atoms with E-state index in [-0.39, 0.29) is 17.1 Å². The second kappa shape index (κ2) is 6.69. The van der Waals surface area contributed by atoms with Crippen LogP contribution in [0.1, 0.15) is 16.7 Å². The van der Waals surface area contributed by atoms with Gasteiger partial charge in [0.1, 0.15) is 5.15 Å². The molecule has 0 saturated carbocycles. The van der Waals surface area contributed by atoms with Crippen molar-refractivity contribution < 1.29 is 13.2 Å². The van der Waals surface area contributed by atoms with E-state index in [0.717, 1.165) is 9.64 Å². The molecule has 1 nitrogen and oxygen atoms in total. The van der Waals surface area contributed by atoms with E-state index in [4.69, 9.17) is 23.2 Å². The zero-order valence-corrected chi connectivity index (χ0v) is 15.6. The predicted molar refractivity (Wildman–Crippen MR) is 98.7 cm³/mol. The van der Waals surface area contributed by atoms with Crippen LogP contribution in [-0.4, -0.2) is 4.98 Å². The van der Waals surface area contributed by atoms with Crippen LogP contribution in [0.15, 0.2) is 42.5 Å². The molecule has 0 unspecified atom stereocenters. The molecule has 0 bridgehead atoms. The molecule has 0 aliphatic rings. The van der Waals surface area contributed by atoms with Crippen molar-refractivity contribution in [3.8, 4) is 0 Å². The summed E-state index contributed by atoms with van der Waals surface area (Å²) in [7, 11) is 0. The minimum absolute atomic E-state index is 0.0399. The van der Waals surface area contributed by atoms with Crippen LogP contribution in [0, 0.1) is 3.57 Å². The standard InChI is InChI=1S/C17H9Cl2F3IN/c18-15-11-8-10(23)5-6-14(11)24-16(19)12(15)7-9-3-1-2-4-13(9)17(20,21)22/h1-6,8H,7H2. The van der Waals surface area contributed by atoms with E-state index in [1.807, 2.05) is 12.1 Å².